The van der Waals surface area contributed by atoms with Crippen molar-refractivity contribution in [1.82, 2.24) is 9.97 Å². The van der Waals surface area contributed by atoms with Crippen LogP contribution in [0, 0.1) is 0 Å². The fraction of sp³-hybridized carbons (Fsp3) is 0.0435. The minimum atomic E-state index is -0.855. The number of anilines is 1. The normalized spacial score (nSPS) is 12.7. The highest BCUT2D eigenvalue weighted by Crippen LogP contribution is 2.31. The molecule has 7 nitrogen and oxygen atoms in total. The molecule has 5 rings (SSSR count). The van der Waals surface area contributed by atoms with Crippen molar-refractivity contribution >= 4 is 40.5 Å². The van der Waals surface area contributed by atoms with E-state index in [1.807, 2.05) is 18.2 Å². The molecule has 4 aromatic rings. The number of benzene rings is 2. The van der Waals surface area contributed by atoms with Crippen molar-refractivity contribution in [3.8, 4) is 11.5 Å². The van der Waals surface area contributed by atoms with E-state index in [4.69, 9.17) is 21.1 Å². The van der Waals surface area contributed by atoms with E-state index >= 15 is 0 Å². The lowest BCUT2D eigenvalue weighted by Gasteiger charge is -2.14. The van der Waals surface area contributed by atoms with Crippen molar-refractivity contribution in [3.63, 3.8) is 0 Å². The zero-order valence-electron chi connectivity index (χ0n) is 16.0. The summed E-state index contributed by atoms with van der Waals surface area (Å²) in [7, 11) is 0. The summed E-state index contributed by atoms with van der Waals surface area (Å²) in [5.74, 6) is 0.942. The van der Waals surface area contributed by atoms with Crippen LogP contribution in [0.2, 0.25) is 5.15 Å². The number of hydrogen-bond donors (Lipinski definition) is 0. The number of amides is 1. The van der Waals surface area contributed by atoms with E-state index in [1.165, 1.54) is 0 Å². The van der Waals surface area contributed by atoms with Gasteiger partial charge in [0.2, 0.25) is 0 Å². The molecule has 1 aliphatic rings. The molecule has 0 fully saturated rings. The van der Waals surface area contributed by atoms with E-state index in [-0.39, 0.29) is 18.2 Å². The average Bonchev–Trinajstić information content (AvgIpc) is 3.09. The number of ether oxygens (including phenoxy) is 2. The van der Waals surface area contributed by atoms with Crippen molar-refractivity contribution in [3.05, 3.63) is 89.1 Å². The molecule has 2 aromatic carbocycles. The Balaban J connectivity index is 1.35. The lowest BCUT2D eigenvalue weighted by atomic mass is 10.1. The van der Waals surface area contributed by atoms with Crippen LogP contribution in [-0.4, -0.2) is 22.0 Å². The van der Waals surface area contributed by atoms with Crippen LogP contribution in [0.15, 0.2) is 72.8 Å². The van der Waals surface area contributed by atoms with Crippen LogP contribution in [0.5, 0.6) is 11.5 Å². The van der Waals surface area contributed by atoms with Crippen LogP contribution in [0.3, 0.4) is 0 Å². The minimum absolute atomic E-state index is 0.192. The second-order valence-corrected chi connectivity index (χ2v) is 7.21. The average molecular weight is 432 g/mol. The first-order chi connectivity index (χ1) is 15.1. The first-order valence-electron chi connectivity index (χ1n) is 9.40. The Morgan fingerprint density at radius 1 is 0.903 bits per heavy atom. The Hall–Kier alpha value is -3.97. The Labute approximate surface area is 181 Å². The highest BCUT2D eigenvalue weighted by atomic mass is 35.5. The number of hydrogen-bond acceptors (Lipinski definition) is 6. The summed E-state index contributed by atoms with van der Waals surface area (Å²) in [6.07, 6.45) is -0.855. The monoisotopic (exact) mass is 431 g/mol. The first-order valence-corrected chi connectivity index (χ1v) is 9.77. The maximum absolute atomic E-state index is 12.9. The smallest absolute Gasteiger partial charge is 0.395 e. The predicted octanol–water partition coefficient (Wildman–Crippen LogP) is 5.02. The molecular formula is C23H14ClN3O4. The Bertz CT molecular complexity index is 1330. The Morgan fingerprint density at radius 3 is 2.52 bits per heavy atom. The summed E-state index contributed by atoms with van der Waals surface area (Å²) < 4.78 is 10.4. The molecule has 1 amide bonds. The summed E-state index contributed by atoms with van der Waals surface area (Å²) in [6, 6.07) is 20.6. The van der Waals surface area contributed by atoms with Gasteiger partial charge in [0.15, 0.2) is 5.65 Å². The largest absolute Gasteiger partial charge is 0.519 e. The summed E-state index contributed by atoms with van der Waals surface area (Å²) >= 11 is 5.96. The second kappa shape index (κ2) is 7.70. The molecule has 8 heteroatoms. The number of para-hydroxylation sites is 1. The molecule has 0 unspecified atom stereocenters. The second-order valence-electron chi connectivity index (χ2n) is 6.83. The van der Waals surface area contributed by atoms with Crippen LogP contribution in [0.25, 0.3) is 11.0 Å². The van der Waals surface area contributed by atoms with Crippen molar-refractivity contribution < 1.29 is 19.1 Å². The number of fused-ring (bicyclic) bond motifs is 2. The van der Waals surface area contributed by atoms with Gasteiger partial charge in [-0.1, -0.05) is 29.8 Å². The van der Waals surface area contributed by atoms with Crippen molar-refractivity contribution in [1.29, 1.82) is 0 Å². The van der Waals surface area contributed by atoms with Gasteiger partial charge in [0.1, 0.15) is 22.5 Å². The molecule has 0 spiro atoms. The number of pyridine rings is 2. The molecule has 0 bridgehead atoms. The minimum Gasteiger partial charge on any atom is -0.395 e. The summed E-state index contributed by atoms with van der Waals surface area (Å²) in [5, 5.41) is 1.15. The molecule has 0 saturated carbocycles. The molecule has 2 aromatic heterocycles. The zero-order valence-corrected chi connectivity index (χ0v) is 16.7. The summed E-state index contributed by atoms with van der Waals surface area (Å²) in [5.41, 5.74) is 1.70. The van der Waals surface area contributed by atoms with Gasteiger partial charge in [0, 0.05) is 10.9 Å². The molecule has 0 N–H and O–H groups in total. The molecule has 0 saturated heterocycles. The summed E-state index contributed by atoms with van der Waals surface area (Å²) in [4.78, 5) is 35.1. The highest BCUT2D eigenvalue weighted by Gasteiger charge is 2.30. The van der Waals surface area contributed by atoms with Gasteiger partial charge in [0.25, 0.3) is 5.91 Å². The fourth-order valence-corrected chi connectivity index (χ4v) is 3.51. The Morgan fingerprint density at radius 2 is 1.68 bits per heavy atom. The van der Waals surface area contributed by atoms with Gasteiger partial charge in [-0.3, -0.25) is 9.69 Å². The SMILES string of the molecule is O=C(Oc1ccccc1)Oc1ccc2c(c1)CN(c1ccc3ccc(Cl)nc3n1)C2=O. The van der Waals surface area contributed by atoms with Crippen LogP contribution >= 0.6 is 11.6 Å². The van der Waals surface area contributed by atoms with E-state index in [0.717, 1.165) is 10.9 Å². The fourth-order valence-electron chi connectivity index (χ4n) is 3.36. The number of carbonyl (C=O) groups excluding carboxylic acids is 2. The van der Waals surface area contributed by atoms with Crippen LogP contribution in [0.1, 0.15) is 15.9 Å². The third-order valence-electron chi connectivity index (χ3n) is 4.81. The molecule has 1 aliphatic heterocycles. The molecule has 0 radical (unpaired) electrons. The van der Waals surface area contributed by atoms with Gasteiger partial charge < -0.3 is 9.47 Å². The molecule has 3 heterocycles. The van der Waals surface area contributed by atoms with Gasteiger partial charge >= 0.3 is 6.16 Å². The van der Waals surface area contributed by atoms with Gasteiger partial charge in [-0.15, -0.1) is 0 Å². The first kappa shape index (κ1) is 19.0. The molecular weight excluding hydrogens is 418 g/mol. The molecule has 0 aliphatic carbocycles. The topological polar surface area (TPSA) is 81.6 Å². The number of rotatable bonds is 3. The number of nitrogens with zero attached hydrogens (tertiary/aromatic N) is 3. The third kappa shape index (κ3) is 3.78. The van der Waals surface area contributed by atoms with Crippen molar-refractivity contribution in [2.75, 3.05) is 4.90 Å². The molecule has 152 valence electrons. The van der Waals surface area contributed by atoms with Crippen molar-refractivity contribution in [2.45, 2.75) is 6.54 Å². The molecule has 0 atom stereocenters. The predicted molar refractivity (Wildman–Crippen MR) is 115 cm³/mol. The third-order valence-corrected chi connectivity index (χ3v) is 5.02. The van der Waals surface area contributed by atoms with Crippen molar-refractivity contribution in [2.24, 2.45) is 0 Å². The quantitative estimate of drug-likeness (QED) is 0.257. The highest BCUT2D eigenvalue weighted by molar-refractivity contribution is 6.29. The Kier molecular flexibility index (Phi) is 4.72. The van der Waals surface area contributed by atoms with E-state index in [1.54, 1.807) is 59.5 Å². The van der Waals surface area contributed by atoms with Gasteiger partial charge in [-0.25, -0.2) is 14.8 Å². The maximum atomic E-state index is 12.9. The lowest BCUT2D eigenvalue weighted by Crippen LogP contribution is -2.24. The van der Waals surface area contributed by atoms with E-state index in [9.17, 15) is 9.59 Å². The van der Waals surface area contributed by atoms with E-state index in [0.29, 0.717) is 27.9 Å². The summed E-state index contributed by atoms with van der Waals surface area (Å²) in [6.45, 7) is 0.290. The number of aromatic nitrogens is 2. The van der Waals surface area contributed by atoms with Gasteiger partial charge in [0.05, 0.1) is 6.54 Å². The maximum Gasteiger partial charge on any atom is 0.519 e. The molecule has 31 heavy (non-hydrogen) atoms. The standard InChI is InChI=1S/C23H14ClN3O4/c24-19-10-6-14-7-11-20(26-21(14)25-19)27-13-15-12-17(8-9-18(15)22(27)28)31-23(29)30-16-4-2-1-3-5-16/h1-12H,13H2. The number of halogens is 1. The van der Waals surface area contributed by atoms with Crippen LogP contribution in [-0.2, 0) is 6.54 Å². The zero-order chi connectivity index (χ0) is 21.4. The van der Waals surface area contributed by atoms with E-state index in [2.05, 4.69) is 9.97 Å². The van der Waals surface area contributed by atoms with Crippen LogP contribution < -0.4 is 14.4 Å². The van der Waals surface area contributed by atoms with E-state index < -0.39 is 6.16 Å². The lowest BCUT2D eigenvalue weighted by molar-refractivity contribution is 0.0996. The number of carbonyl (C=O) groups is 2. The van der Waals surface area contributed by atoms with Crippen LogP contribution in [0.4, 0.5) is 10.6 Å². The van der Waals surface area contributed by atoms with Gasteiger partial charge in [-0.2, -0.15) is 0 Å². The van der Waals surface area contributed by atoms with Gasteiger partial charge in [-0.05, 0) is 60.2 Å².